The molecule has 1 heterocycles. The first-order valence-electron chi connectivity index (χ1n) is 8.65. The van der Waals surface area contributed by atoms with Gasteiger partial charge in [0.05, 0.1) is 11.8 Å². The molecule has 1 aliphatic rings. The van der Waals surface area contributed by atoms with E-state index in [1.165, 1.54) is 6.92 Å². The molecule has 26 heavy (non-hydrogen) atoms. The van der Waals surface area contributed by atoms with Crippen LogP contribution in [0.4, 0.5) is 0 Å². The van der Waals surface area contributed by atoms with Crippen molar-refractivity contribution in [3.63, 3.8) is 0 Å². The van der Waals surface area contributed by atoms with Crippen LogP contribution in [0.15, 0.2) is 30.3 Å². The molecule has 1 saturated heterocycles. The summed E-state index contributed by atoms with van der Waals surface area (Å²) in [7, 11) is 0. The normalized spacial score (nSPS) is 23.4. The topological polar surface area (TPSA) is 132 Å². The number of ketones is 1. The zero-order chi connectivity index (χ0) is 19.6. The monoisotopic (exact) mass is 359 g/mol. The molecule has 5 atom stereocenters. The number of imide groups is 1. The zero-order valence-corrected chi connectivity index (χ0v) is 15.1. The van der Waals surface area contributed by atoms with Crippen LogP contribution in [0.5, 0.6) is 0 Å². The van der Waals surface area contributed by atoms with Gasteiger partial charge < -0.3 is 11.5 Å². The Balaban J connectivity index is 2.42. The van der Waals surface area contributed by atoms with Gasteiger partial charge in [0.25, 0.3) is 0 Å². The van der Waals surface area contributed by atoms with E-state index in [1.807, 2.05) is 6.07 Å². The Morgan fingerprint density at radius 2 is 1.62 bits per heavy atom. The third-order valence-corrected chi connectivity index (χ3v) is 5.08. The Labute approximate surface area is 152 Å². The first-order valence-corrected chi connectivity index (χ1v) is 8.65. The van der Waals surface area contributed by atoms with Crippen molar-refractivity contribution in [1.29, 1.82) is 0 Å². The zero-order valence-electron chi connectivity index (χ0n) is 15.1. The fraction of sp³-hybridized carbons (Fsp3) is 0.474. The summed E-state index contributed by atoms with van der Waals surface area (Å²) in [5, 5.41) is 2.17. The van der Waals surface area contributed by atoms with Gasteiger partial charge in [0.15, 0.2) is 0 Å². The quantitative estimate of drug-likeness (QED) is 0.483. The number of rotatable bonds is 7. The Kier molecular flexibility index (Phi) is 5.92. The molecule has 0 spiro atoms. The van der Waals surface area contributed by atoms with Gasteiger partial charge >= 0.3 is 0 Å². The third kappa shape index (κ3) is 3.67. The predicted molar refractivity (Wildman–Crippen MR) is 95.2 cm³/mol. The number of hydrogen-bond donors (Lipinski definition) is 3. The summed E-state index contributed by atoms with van der Waals surface area (Å²) in [6.07, 6.45) is 0. The van der Waals surface area contributed by atoms with Crippen molar-refractivity contribution in [2.45, 2.75) is 26.8 Å². The molecule has 2 rings (SSSR count). The molecular weight excluding hydrogens is 334 g/mol. The molecule has 0 aromatic heterocycles. The van der Waals surface area contributed by atoms with E-state index >= 15 is 0 Å². The molecule has 0 bridgehead atoms. The highest BCUT2D eigenvalue weighted by atomic mass is 16.2. The largest absolute Gasteiger partial charge is 0.369 e. The van der Waals surface area contributed by atoms with Crippen molar-refractivity contribution in [1.82, 2.24) is 5.32 Å². The third-order valence-electron chi connectivity index (χ3n) is 5.08. The predicted octanol–water partition coefficient (Wildman–Crippen LogP) is 0.538. The molecule has 0 aliphatic carbocycles. The van der Waals surface area contributed by atoms with Gasteiger partial charge in [0.2, 0.25) is 17.7 Å². The Morgan fingerprint density at radius 1 is 1.04 bits per heavy atom. The molecule has 5 N–H and O–H groups in total. The summed E-state index contributed by atoms with van der Waals surface area (Å²) in [6.45, 7) is 5.07. The number of Topliss-reactive ketones (excluding diaryl/α,β-unsaturated/α-hetero) is 1. The minimum absolute atomic E-state index is 0.287. The van der Waals surface area contributed by atoms with E-state index in [9.17, 15) is 19.2 Å². The summed E-state index contributed by atoms with van der Waals surface area (Å²) in [5.41, 5.74) is 12.6. The van der Waals surface area contributed by atoms with E-state index in [1.54, 1.807) is 38.1 Å². The van der Waals surface area contributed by atoms with Crippen LogP contribution in [0, 0.1) is 29.6 Å². The van der Waals surface area contributed by atoms with Crippen molar-refractivity contribution in [3.05, 3.63) is 35.9 Å². The summed E-state index contributed by atoms with van der Waals surface area (Å²) >= 11 is 0. The standard InChI is InChI=1S/C19H25N3O4/c1-9(2)12(16(23)13-10(3)18(25)22-19(13)26)14(17(21)24)15(20)11-7-5-4-6-8-11/h4-10,12-15H,20H2,1-3H3,(H2,21,24)(H,22,25,26)/t10-,12-,13+,14-,15?/m0/s1. The maximum Gasteiger partial charge on any atom is 0.237 e. The number of carbonyl (C=O) groups excluding carboxylic acids is 4. The lowest BCUT2D eigenvalue weighted by atomic mass is 9.70. The van der Waals surface area contributed by atoms with Crippen LogP contribution < -0.4 is 16.8 Å². The van der Waals surface area contributed by atoms with Crippen molar-refractivity contribution in [3.8, 4) is 0 Å². The van der Waals surface area contributed by atoms with Crippen molar-refractivity contribution in [2.24, 2.45) is 41.1 Å². The Bertz CT molecular complexity index is 717. The summed E-state index contributed by atoms with van der Waals surface area (Å²) < 4.78 is 0. The second kappa shape index (κ2) is 7.78. The molecule has 1 unspecified atom stereocenters. The minimum atomic E-state index is -1.13. The van der Waals surface area contributed by atoms with Crippen LogP contribution in [-0.2, 0) is 19.2 Å². The Hall–Kier alpha value is -2.54. The van der Waals surface area contributed by atoms with E-state index in [0.717, 1.165) is 0 Å². The van der Waals surface area contributed by atoms with Gasteiger partial charge in [-0.25, -0.2) is 0 Å². The molecule has 0 radical (unpaired) electrons. The average molecular weight is 359 g/mol. The molecule has 1 fully saturated rings. The number of nitrogens with one attached hydrogen (secondary N) is 1. The van der Waals surface area contributed by atoms with E-state index in [2.05, 4.69) is 5.32 Å². The van der Waals surface area contributed by atoms with Crippen LogP contribution in [0.1, 0.15) is 32.4 Å². The average Bonchev–Trinajstić information content (AvgIpc) is 2.83. The lowest BCUT2D eigenvalue weighted by Crippen LogP contribution is -2.46. The van der Waals surface area contributed by atoms with Crippen LogP contribution in [0.25, 0.3) is 0 Å². The number of nitrogens with two attached hydrogens (primary N) is 2. The highest BCUT2D eigenvalue weighted by molar-refractivity contribution is 6.16. The highest BCUT2D eigenvalue weighted by Gasteiger charge is 2.49. The molecule has 140 valence electrons. The van der Waals surface area contributed by atoms with E-state index in [4.69, 9.17) is 11.5 Å². The summed E-state index contributed by atoms with van der Waals surface area (Å²) in [5.74, 6) is -6.33. The molecule has 1 aromatic rings. The number of hydrogen-bond acceptors (Lipinski definition) is 5. The first kappa shape index (κ1) is 19.8. The first-order chi connectivity index (χ1) is 12.2. The number of amides is 3. The van der Waals surface area contributed by atoms with Gasteiger partial charge in [-0.15, -0.1) is 0 Å². The second-order valence-corrected chi connectivity index (χ2v) is 7.16. The molecule has 1 aromatic carbocycles. The SMILES string of the molecule is CC(C)[C@H](C(=O)[C@@H]1C(=O)NC(=O)[C@H]1C)[C@H](C(N)=O)C(N)c1ccccc1. The van der Waals surface area contributed by atoms with Gasteiger partial charge in [-0.05, 0) is 11.5 Å². The van der Waals surface area contributed by atoms with Gasteiger partial charge in [0, 0.05) is 12.0 Å². The molecule has 3 amide bonds. The van der Waals surface area contributed by atoms with Crippen LogP contribution in [-0.4, -0.2) is 23.5 Å². The summed E-state index contributed by atoms with van der Waals surface area (Å²) in [6, 6.07) is 8.11. The second-order valence-electron chi connectivity index (χ2n) is 7.16. The van der Waals surface area contributed by atoms with Crippen LogP contribution in [0.2, 0.25) is 0 Å². The number of carbonyl (C=O) groups is 4. The van der Waals surface area contributed by atoms with E-state index in [0.29, 0.717) is 5.56 Å². The molecule has 7 heteroatoms. The van der Waals surface area contributed by atoms with Crippen LogP contribution in [0.3, 0.4) is 0 Å². The van der Waals surface area contributed by atoms with Crippen molar-refractivity contribution in [2.75, 3.05) is 0 Å². The van der Waals surface area contributed by atoms with Gasteiger partial charge in [0.1, 0.15) is 11.7 Å². The maximum atomic E-state index is 13.2. The minimum Gasteiger partial charge on any atom is -0.369 e. The van der Waals surface area contributed by atoms with Gasteiger partial charge in [-0.3, -0.25) is 24.5 Å². The van der Waals surface area contributed by atoms with Crippen molar-refractivity contribution < 1.29 is 19.2 Å². The fourth-order valence-corrected chi connectivity index (χ4v) is 3.65. The van der Waals surface area contributed by atoms with Crippen LogP contribution >= 0.6 is 0 Å². The van der Waals surface area contributed by atoms with Gasteiger partial charge in [-0.2, -0.15) is 0 Å². The lowest BCUT2D eigenvalue weighted by Gasteiger charge is -2.33. The smallest absolute Gasteiger partial charge is 0.237 e. The van der Waals surface area contributed by atoms with E-state index in [-0.39, 0.29) is 5.92 Å². The van der Waals surface area contributed by atoms with E-state index < -0.39 is 53.2 Å². The highest BCUT2D eigenvalue weighted by Crippen LogP contribution is 2.35. The number of primary amides is 1. The van der Waals surface area contributed by atoms with Gasteiger partial charge in [-0.1, -0.05) is 51.1 Å². The summed E-state index contributed by atoms with van der Waals surface area (Å²) in [4.78, 5) is 49.2. The van der Waals surface area contributed by atoms with Crippen molar-refractivity contribution >= 4 is 23.5 Å². The molecule has 7 nitrogen and oxygen atoms in total. The maximum absolute atomic E-state index is 13.2. The fourth-order valence-electron chi connectivity index (χ4n) is 3.65. The molecular formula is C19H25N3O4. The molecule has 0 saturated carbocycles. The Morgan fingerprint density at radius 3 is 2.04 bits per heavy atom. The molecule has 1 aliphatic heterocycles. The number of benzene rings is 1. The lowest BCUT2D eigenvalue weighted by molar-refractivity contribution is -0.142.